The zero-order valence-electron chi connectivity index (χ0n) is 11.2. The number of anilines is 1. The molecule has 22 heavy (non-hydrogen) atoms. The minimum Gasteiger partial charge on any atom is -0.482 e. The number of rotatable bonds is 4. The van der Waals surface area contributed by atoms with Gasteiger partial charge in [-0.2, -0.15) is 0 Å². The maximum absolute atomic E-state index is 11.9. The Balaban J connectivity index is 1.62. The fraction of sp³-hybridized carbons (Fsp3) is 0.0667. The van der Waals surface area contributed by atoms with Gasteiger partial charge in [0, 0.05) is 10.7 Å². The molecular formula is C15H10Cl2N2O3. The lowest BCUT2D eigenvalue weighted by Crippen LogP contribution is -2.20. The summed E-state index contributed by atoms with van der Waals surface area (Å²) in [6, 6.07) is 9.97. The Bertz CT molecular complexity index is 833. The van der Waals surface area contributed by atoms with E-state index in [4.69, 9.17) is 32.4 Å². The van der Waals surface area contributed by atoms with Crippen molar-refractivity contribution >= 4 is 45.9 Å². The number of hydrogen-bond acceptors (Lipinski definition) is 4. The number of oxazole rings is 1. The van der Waals surface area contributed by atoms with Crippen LogP contribution in [-0.4, -0.2) is 17.5 Å². The van der Waals surface area contributed by atoms with Crippen LogP contribution in [0.25, 0.3) is 11.1 Å². The number of nitrogens with one attached hydrogen (secondary N) is 1. The summed E-state index contributed by atoms with van der Waals surface area (Å²) in [5.74, 6) is 0.0852. The summed E-state index contributed by atoms with van der Waals surface area (Å²) in [6.45, 7) is -0.168. The van der Waals surface area contributed by atoms with Crippen molar-refractivity contribution in [3.05, 3.63) is 52.8 Å². The Morgan fingerprint density at radius 3 is 2.91 bits per heavy atom. The summed E-state index contributed by atoms with van der Waals surface area (Å²) in [5, 5.41) is 3.56. The molecule has 0 fully saturated rings. The summed E-state index contributed by atoms with van der Waals surface area (Å²) >= 11 is 11.8. The molecule has 1 heterocycles. The van der Waals surface area contributed by atoms with Gasteiger partial charge in [-0.15, -0.1) is 0 Å². The molecule has 0 saturated carbocycles. The van der Waals surface area contributed by atoms with E-state index in [-0.39, 0.29) is 12.5 Å². The number of hydrogen-bond donors (Lipinski definition) is 1. The summed E-state index contributed by atoms with van der Waals surface area (Å²) in [7, 11) is 0. The molecule has 3 rings (SSSR count). The van der Waals surface area contributed by atoms with Crippen LogP contribution in [0.3, 0.4) is 0 Å². The van der Waals surface area contributed by atoms with E-state index in [0.717, 1.165) is 0 Å². The lowest BCUT2D eigenvalue weighted by Gasteiger charge is -2.09. The highest BCUT2D eigenvalue weighted by molar-refractivity contribution is 6.35. The highest BCUT2D eigenvalue weighted by Gasteiger charge is 2.08. The number of ether oxygens (including phenoxy) is 1. The lowest BCUT2D eigenvalue weighted by molar-refractivity contribution is -0.118. The van der Waals surface area contributed by atoms with Crippen molar-refractivity contribution in [2.24, 2.45) is 0 Å². The largest absolute Gasteiger partial charge is 0.482 e. The maximum atomic E-state index is 11.9. The van der Waals surface area contributed by atoms with Crippen LogP contribution in [0.4, 0.5) is 5.69 Å². The van der Waals surface area contributed by atoms with Gasteiger partial charge in [-0.25, -0.2) is 4.98 Å². The maximum Gasteiger partial charge on any atom is 0.262 e. The van der Waals surface area contributed by atoms with Crippen LogP contribution >= 0.6 is 23.2 Å². The molecule has 0 aliphatic carbocycles. The Morgan fingerprint density at radius 1 is 1.23 bits per heavy atom. The Kier molecular flexibility index (Phi) is 4.18. The summed E-state index contributed by atoms with van der Waals surface area (Å²) in [6.07, 6.45) is 1.35. The average Bonchev–Trinajstić information content (AvgIpc) is 2.94. The van der Waals surface area contributed by atoms with Crippen molar-refractivity contribution in [1.29, 1.82) is 0 Å². The minimum atomic E-state index is -0.311. The number of amides is 1. The van der Waals surface area contributed by atoms with E-state index in [1.54, 1.807) is 36.4 Å². The molecule has 0 unspecified atom stereocenters. The Labute approximate surface area is 135 Å². The Hall–Kier alpha value is -2.24. The van der Waals surface area contributed by atoms with Crippen molar-refractivity contribution < 1.29 is 13.9 Å². The van der Waals surface area contributed by atoms with E-state index < -0.39 is 0 Å². The van der Waals surface area contributed by atoms with Crippen molar-refractivity contribution in [3.63, 3.8) is 0 Å². The standard InChI is InChI=1S/C15H10Cl2N2O3/c16-9-1-3-13(11(17)5-9)21-7-15(20)19-10-2-4-14-12(6-10)18-8-22-14/h1-6,8H,7H2,(H,19,20). The van der Waals surface area contributed by atoms with Gasteiger partial charge in [-0.1, -0.05) is 23.2 Å². The fourth-order valence-corrected chi connectivity index (χ4v) is 2.33. The van der Waals surface area contributed by atoms with Crippen molar-refractivity contribution in [1.82, 2.24) is 4.98 Å². The molecule has 0 aliphatic rings. The number of benzene rings is 2. The van der Waals surface area contributed by atoms with Gasteiger partial charge in [-0.3, -0.25) is 4.79 Å². The average molecular weight is 337 g/mol. The van der Waals surface area contributed by atoms with E-state index >= 15 is 0 Å². The molecule has 0 bridgehead atoms. The SMILES string of the molecule is O=C(COc1ccc(Cl)cc1Cl)Nc1ccc2ocnc2c1. The predicted octanol–water partition coefficient (Wildman–Crippen LogP) is 4.15. The highest BCUT2D eigenvalue weighted by atomic mass is 35.5. The van der Waals surface area contributed by atoms with Crippen LogP contribution in [0.1, 0.15) is 0 Å². The van der Waals surface area contributed by atoms with Gasteiger partial charge >= 0.3 is 0 Å². The Morgan fingerprint density at radius 2 is 2.09 bits per heavy atom. The van der Waals surface area contributed by atoms with Gasteiger partial charge in [0.1, 0.15) is 11.3 Å². The number of nitrogens with zero attached hydrogens (tertiary/aromatic N) is 1. The molecule has 0 radical (unpaired) electrons. The van der Waals surface area contributed by atoms with E-state index in [0.29, 0.717) is 32.6 Å². The molecule has 0 spiro atoms. The molecule has 1 N–H and O–H groups in total. The van der Waals surface area contributed by atoms with E-state index in [9.17, 15) is 4.79 Å². The third kappa shape index (κ3) is 3.32. The molecule has 3 aromatic rings. The van der Waals surface area contributed by atoms with Crippen LogP contribution in [0.5, 0.6) is 5.75 Å². The first-order valence-corrected chi connectivity index (χ1v) is 7.08. The smallest absolute Gasteiger partial charge is 0.262 e. The quantitative estimate of drug-likeness (QED) is 0.777. The zero-order valence-corrected chi connectivity index (χ0v) is 12.7. The normalized spacial score (nSPS) is 10.6. The number of carbonyl (C=O) groups is 1. The van der Waals surface area contributed by atoms with Gasteiger partial charge in [0.05, 0.1) is 5.02 Å². The number of halogens is 2. The topological polar surface area (TPSA) is 64.4 Å². The van der Waals surface area contributed by atoms with Crippen LogP contribution in [0.2, 0.25) is 10.0 Å². The molecule has 1 amide bonds. The zero-order chi connectivity index (χ0) is 15.5. The number of aromatic nitrogens is 1. The third-order valence-electron chi connectivity index (χ3n) is 2.87. The molecule has 0 atom stereocenters. The molecule has 0 aliphatic heterocycles. The van der Waals surface area contributed by atoms with E-state index in [2.05, 4.69) is 10.3 Å². The van der Waals surface area contributed by atoms with Crippen LogP contribution in [-0.2, 0) is 4.79 Å². The van der Waals surface area contributed by atoms with Gasteiger partial charge in [0.25, 0.3) is 5.91 Å². The van der Waals surface area contributed by atoms with Crippen molar-refractivity contribution in [2.75, 3.05) is 11.9 Å². The monoisotopic (exact) mass is 336 g/mol. The summed E-state index contributed by atoms with van der Waals surface area (Å²) in [5.41, 5.74) is 1.93. The van der Waals surface area contributed by atoms with Gasteiger partial charge in [0.2, 0.25) is 0 Å². The molecule has 1 aromatic heterocycles. The molecule has 112 valence electrons. The van der Waals surface area contributed by atoms with Gasteiger partial charge < -0.3 is 14.5 Å². The van der Waals surface area contributed by atoms with Crippen LogP contribution in [0, 0.1) is 0 Å². The first kappa shape index (κ1) is 14.7. The fourth-order valence-electron chi connectivity index (χ4n) is 1.87. The van der Waals surface area contributed by atoms with Crippen LogP contribution in [0.15, 0.2) is 47.2 Å². The van der Waals surface area contributed by atoms with Crippen molar-refractivity contribution in [3.8, 4) is 5.75 Å². The summed E-state index contributed by atoms with van der Waals surface area (Å²) in [4.78, 5) is 15.9. The minimum absolute atomic E-state index is 0.168. The third-order valence-corrected chi connectivity index (χ3v) is 3.40. The molecular weight excluding hydrogens is 327 g/mol. The van der Waals surface area contributed by atoms with E-state index in [1.807, 2.05) is 0 Å². The van der Waals surface area contributed by atoms with Gasteiger partial charge in [-0.05, 0) is 36.4 Å². The lowest BCUT2D eigenvalue weighted by atomic mass is 10.3. The second-order valence-electron chi connectivity index (χ2n) is 4.45. The van der Waals surface area contributed by atoms with Gasteiger partial charge in [0.15, 0.2) is 18.6 Å². The van der Waals surface area contributed by atoms with Crippen molar-refractivity contribution in [2.45, 2.75) is 0 Å². The van der Waals surface area contributed by atoms with Crippen LogP contribution < -0.4 is 10.1 Å². The number of carbonyl (C=O) groups excluding carboxylic acids is 1. The summed E-state index contributed by atoms with van der Waals surface area (Å²) < 4.78 is 10.5. The molecule has 2 aromatic carbocycles. The molecule has 5 nitrogen and oxygen atoms in total. The first-order valence-electron chi connectivity index (χ1n) is 6.33. The second kappa shape index (κ2) is 6.25. The predicted molar refractivity (Wildman–Crippen MR) is 84.6 cm³/mol. The second-order valence-corrected chi connectivity index (χ2v) is 5.29. The highest BCUT2D eigenvalue weighted by Crippen LogP contribution is 2.27. The number of fused-ring (bicyclic) bond motifs is 1. The molecule has 0 saturated heterocycles. The first-order chi connectivity index (χ1) is 10.6. The molecule has 7 heteroatoms. The van der Waals surface area contributed by atoms with E-state index in [1.165, 1.54) is 6.39 Å².